The van der Waals surface area contributed by atoms with Crippen molar-refractivity contribution >= 4 is 43.8 Å². The number of aromatic nitrogens is 1. The number of pyridine rings is 1. The minimum Gasteiger partial charge on any atom is -0.478 e. The fraction of sp³-hybridized carbons (Fsp3) is 0.333. The number of carbonyl (C=O) groups is 1. The molecule has 2 aliphatic heterocycles. The summed E-state index contributed by atoms with van der Waals surface area (Å²) in [6, 6.07) is 12.1. The van der Waals surface area contributed by atoms with E-state index in [4.69, 9.17) is 9.47 Å². The Hall–Kier alpha value is -3.25. The summed E-state index contributed by atoms with van der Waals surface area (Å²) in [6.07, 6.45) is 1.32. The number of nitrogens with one attached hydrogen (secondary N) is 2. The molecule has 0 aliphatic carbocycles. The van der Waals surface area contributed by atoms with E-state index >= 15 is 0 Å². The number of ether oxygens (including phenoxy) is 2. The number of carboxylic acid groups (broad SMARTS) is 1. The SMILES string of the molecule is O=C(O)c1ccccc1Nc1c(S(=O)(=O)C2CNCCO2)cnc2ccc(N3CCOCC3)cc12. The van der Waals surface area contributed by atoms with Crippen LogP contribution in [0.3, 0.4) is 0 Å². The van der Waals surface area contributed by atoms with Crippen molar-refractivity contribution in [1.82, 2.24) is 10.3 Å². The second kappa shape index (κ2) is 9.78. The first kappa shape index (κ1) is 23.5. The summed E-state index contributed by atoms with van der Waals surface area (Å²) < 4.78 is 38.3. The molecule has 10 nitrogen and oxygen atoms in total. The molecular weight excluding hydrogens is 472 g/mol. The van der Waals surface area contributed by atoms with E-state index in [1.165, 1.54) is 12.3 Å². The monoisotopic (exact) mass is 498 g/mol. The van der Waals surface area contributed by atoms with Gasteiger partial charge in [0.15, 0.2) is 5.44 Å². The molecule has 1 atom stereocenters. The molecule has 35 heavy (non-hydrogen) atoms. The lowest BCUT2D eigenvalue weighted by Gasteiger charge is -2.29. The molecule has 2 fully saturated rings. The Morgan fingerprint density at radius 1 is 1.14 bits per heavy atom. The third-order valence-corrected chi connectivity index (χ3v) is 8.07. The number of rotatable bonds is 6. The fourth-order valence-electron chi connectivity index (χ4n) is 4.32. The fourth-order valence-corrected chi connectivity index (χ4v) is 5.86. The van der Waals surface area contributed by atoms with Crippen molar-refractivity contribution in [2.45, 2.75) is 10.3 Å². The second-order valence-corrected chi connectivity index (χ2v) is 10.4. The van der Waals surface area contributed by atoms with Gasteiger partial charge in [0.1, 0.15) is 4.90 Å². The van der Waals surface area contributed by atoms with E-state index in [-0.39, 0.29) is 35.0 Å². The highest BCUT2D eigenvalue weighted by atomic mass is 32.2. The van der Waals surface area contributed by atoms with E-state index in [2.05, 4.69) is 20.5 Å². The van der Waals surface area contributed by atoms with Crippen LogP contribution >= 0.6 is 0 Å². The summed E-state index contributed by atoms with van der Waals surface area (Å²) in [7, 11) is -3.97. The van der Waals surface area contributed by atoms with Crippen LogP contribution in [-0.4, -0.2) is 75.9 Å². The van der Waals surface area contributed by atoms with Gasteiger partial charge in [0.2, 0.25) is 9.84 Å². The predicted octanol–water partition coefficient (Wildman–Crippen LogP) is 2.23. The molecule has 0 saturated carbocycles. The molecule has 1 unspecified atom stereocenters. The van der Waals surface area contributed by atoms with Gasteiger partial charge in [-0.15, -0.1) is 0 Å². The van der Waals surface area contributed by atoms with Crippen LogP contribution in [0.1, 0.15) is 10.4 Å². The number of para-hydroxylation sites is 1. The third-order valence-electron chi connectivity index (χ3n) is 6.16. The van der Waals surface area contributed by atoms with E-state index < -0.39 is 21.2 Å². The van der Waals surface area contributed by atoms with Crippen LogP contribution in [-0.2, 0) is 19.3 Å². The number of morpholine rings is 2. The normalized spacial score (nSPS) is 19.0. The summed E-state index contributed by atoms with van der Waals surface area (Å²) in [5.41, 5.74) is 0.992. The maximum atomic E-state index is 13.7. The van der Waals surface area contributed by atoms with E-state index in [0.29, 0.717) is 43.8 Å². The number of fused-ring (bicyclic) bond motifs is 1. The van der Waals surface area contributed by atoms with Gasteiger partial charge in [0.05, 0.1) is 42.3 Å². The van der Waals surface area contributed by atoms with Crippen LogP contribution in [0.25, 0.3) is 10.9 Å². The van der Waals surface area contributed by atoms with Crippen LogP contribution < -0.4 is 15.5 Å². The molecule has 0 amide bonds. The summed E-state index contributed by atoms with van der Waals surface area (Å²) in [4.78, 5) is 18.4. The molecule has 11 heteroatoms. The van der Waals surface area contributed by atoms with Crippen molar-refractivity contribution in [3.05, 3.63) is 54.2 Å². The Morgan fingerprint density at radius 3 is 2.69 bits per heavy atom. The van der Waals surface area contributed by atoms with Crippen molar-refractivity contribution in [3.63, 3.8) is 0 Å². The van der Waals surface area contributed by atoms with E-state index in [1.807, 2.05) is 18.2 Å². The Balaban J connectivity index is 1.69. The first-order chi connectivity index (χ1) is 16.9. The molecule has 2 aromatic carbocycles. The van der Waals surface area contributed by atoms with Gasteiger partial charge >= 0.3 is 5.97 Å². The van der Waals surface area contributed by atoms with E-state index in [9.17, 15) is 18.3 Å². The minimum atomic E-state index is -3.97. The van der Waals surface area contributed by atoms with Crippen molar-refractivity contribution in [1.29, 1.82) is 0 Å². The Morgan fingerprint density at radius 2 is 1.94 bits per heavy atom. The Labute approximate surface area is 202 Å². The van der Waals surface area contributed by atoms with Crippen LogP contribution in [0.5, 0.6) is 0 Å². The van der Waals surface area contributed by atoms with Crippen LogP contribution in [0.2, 0.25) is 0 Å². The zero-order valence-electron chi connectivity index (χ0n) is 18.9. The van der Waals surface area contributed by atoms with Crippen LogP contribution in [0.4, 0.5) is 17.1 Å². The third kappa shape index (κ3) is 4.67. The zero-order valence-corrected chi connectivity index (χ0v) is 19.8. The lowest BCUT2D eigenvalue weighted by Crippen LogP contribution is -2.43. The molecule has 1 aromatic heterocycles. The van der Waals surface area contributed by atoms with Gasteiger partial charge in [-0.1, -0.05) is 12.1 Å². The van der Waals surface area contributed by atoms with Crippen molar-refractivity contribution < 1.29 is 27.8 Å². The van der Waals surface area contributed by atoms with Crippen LogP contribution in [0, 0.1) is 0 Å². The largest absolute Gasteiger partial charge is 0.478 e. The highest BCUT2D eigenvalue weighted by Crippen LogP contribution is 2.37. The molecular formula is C24H26N4O6S. The van der Waals surface area contributed by atoms with Gasteiger partial charge in [-0.3, -0.25) is 4.98 Å². The van der Waals surface area contributed by atoms with Gasteiger partial charge in [-0.05, 0) is 30.3 Å². The number of hydrogen-bond acceptors (Lipinski definition) is 9. The highest BCUT2D eigenvalue weighted by molar-refractivity contribution is 7.92. The standard InChI is InChI=1S/C24H26N4O6S/c29-24(30)17-3-1-2-4-20(17)27-23-18-13-16(28-8-11-33-12-9-28)5-6-19(18)26-14-21(23)35(31,32)22-15-25-7-10-34-22/h1-6,13-14,22,25H,7-12,15H2,(H,26,27)(H,29,30). The molecule has 184 valence electrons. The molecule has 0 spiro atoms. The minimum absolute atomic E-state index is 0.0285. The molecule has 0 bridgehead atoms. The average Bonchev–Trinajstić information content (AvgIpc) is 2.89. The lowest BCUT2D eigenvalue weighted by molar-refractivity contribution is 0.0698. The number of carboxylic acids is 1. The van der Waals surface area contributed by atoms with Crippen molar-refractivity contribution in [2.24, 2.45) is 0 Å². The van der Waals surface area contributed by atoms with E-state index in [1.54, 1.807) is 18.2 Å². The molecule has 2 saturated heterocycles. The Bertz CT molecular complexity index is 1350. The Kier molecular flexibility index (Phi) is 6.56. The summed E-state index contributed by atoms with van der Waals surface area (Å²) in [6.45, 7) is 3.63. The first-order valence-corrected chi connectivity index (χ1v) is 12.9. The number of nitrogens with zero attached hydrogens (tertiary/aromatic N) is 2. The van der Waals surface area contributed by atoms with Gasteiger partial charge in [-0.2, -0.15) is 0 Å². The second-order valence-electron chi connectivity index (χ2n) is 8.32. The molecule has 3 aromatic rings. The first-order valence-electron chi connectivity index (χ1n) is 11.4. The molecule has 2 aliphatic rings. The van der Waals surface area contributed by atoms with Gasteiger partial charge < -0.3 is 30.1 Å². The van der Waals surface area contributed by atoms with Crippen molar-refractivity contribution in [3.8, 4) is 0 Å². The maximum absolute atomic E-state index is 13.7. The quantitative estimate of drug-likeness (QED) is 0.465. The smallest absolute Gasteiger partial charge is 0.337 e. The topological polar surface area (TPSA) is 130 Å². The number of sulfone groups is 1. The molecule has 3 N–H and O–H groups in total. The van der Waals surface area contributed by atoms with Crippen molar-refractivity contribution in [2.75, 3.05) is 56.2 Å². The molecule has 5 rings (SSSR count). The number of aromatic carboxylic acids is 1. The zero-order chi connectivity index (χ0) is 24.4. The highest BCUT2D eigenvalue weighted by Gasteiger charge is 2.33. The van der Waals surface area contributed by atoms with Gasteiger partial charge in [-0.25, -0.2) is 13.2 Å². The lowest BCUT2D eigenvalue weighted by atomic mass is 10.1. The summed E-state index contributed by atoms with van der Waals surface area (Å²) in [5.74, 6) is -1.12. The van der Waals surface area contributed by atoms with Crippen LogP contribution in [0.15, 0.2) is 53.6 Å². The van der Waals surface area contributed by atoms with Gasteiger partial charge in [0, 0.05) is 43.4 Å². The molecule has 3 heterocycles. The molecule has 0 radical (unpaired) electrons. The van der Waals surface area contributed by atoms with E-state index in [0.717, 1.165) is 5.69 Å². The summed E-state index contributed by atoms with van der Waals surface area (Å²) in [5, 5.41) is 16.4. The van der Waals surface area contributed by atoms with Gasteiger partial charge in [0.25, 0.3) is 0 Å². The number of benzene rings is 2. The maximum Gasteiger partial charge on any atom is 0.337 e. The summed E-state index contributed by atoms with van der Waals surface area (Å²) >= 11 is 0. The average molecular weight is 499 g/mol. The number of anilines is 3. The number of hydrogen-bond donors (Lipinski definition) is 3. The predicted molar refractivity (Wildman–Crippen MR) is 131 cm³/mol.